The second-order valence-corrected chi connectivity index (χ2v) is 3.92. The summed E-state index contributed by atoms with van der Waals surface area (Å²) in [6.07, 6.45) is 1.44. The fourth-order valence-corrected chi connectivity index (χ4v) is 1.43. The van der Waals surface area contributed by atoms with Crippen molar-refractivity contribution in [3.63, 3.8) is 0 Å². The molecule has 1 rings (SSSR count). The van der Waals surface area contributed by atoms with Crippen LogP contribution in [0.3, 0.4) is 0 Å². The zero-order chi connectivity index (χ0) is 12.1. The lowest BCUT2D eigenvalue weighted by Crippen LogP contribution is -2.35. The van der Waals surface area contributed by atoms with Gasteiger partial charge < -0.3 is 11.1 Å². The molecule has 16 heavy (non-hydrogen) atoms. The standard InChI is InChI=1S/C11H14ClFN2O/c1-2-3-10(14)11(16)15-7-4-5-9(13)8(12)6-7/h4-6,10H,2-3,14H2,1H3,(H,15,16)/t10-/m0/s1. The quantitative estimate of drug-likeness (QED) is 0.855. The Hall–Kier alpha value is -1.13. The molecule has 0 heterocycles. The van der Waals surface area contributed by atoms with E-state index < -0.39 is 11.9 Å². The van der Waals surface area contributed by atoms with Gasteiger partial charge in [-0.25, -0.2) is 4.39 Å². The fraction of sp³-hybridized carbons (Fsp3) is 0.364. The summed E-state index contributed by atoms with van der Waals surface area (Å²) in [6.45, 7) is 1.95. The number of rotatable bonds is 4. The summed E-state index contributed by atoms with van der Waals surface area (Å²) in [7, 11) is 0. The summed E-state index contributed by atoms with van der Waals surface area (Å²) in [5, 5.41) is 2.55. The molecule has 1 aromatic rings. The fourth-order valence-electron chi connectivity index (χ4n) is 1.25. The van der Waals surface area contributed by atoms with Crippen LogP contribution in [0.2, 0.25) is 5.02 Å². The highest BCUT2D eigenvalue weighted by molar-refractivity contribution is 6.31. The number of hydrogen-bond donors (Lipinski definition) is 2. The van der Waals surface area contributed by atoms with Crippen LogP contribution in [0.5, 0.6) is 0 Å². The number of nitrogens with one attached hydrogen (secondary N) is 1. The molecule has 1 atom stereocenters. The maximum atomic E-state index is 12.8. The molecule has 0 aliphatic heterocycles. The molecule has 0 radical (unpaired) electrons. The summed E-state index contributed by atoms with van der Waals surface area (Å²) < 4.78 is 12.8. The number of nitrogens with two attached hydrogens (primary N) is 1. The highest BCUT2D eigenvalue weighted by Gasteiger charge is 2.12. The Morgan fingerprint density at radius 1 is 1.62 bits per heavy atom. The molecule has 3 N–H and O–H groups in total. The lowest BCUT2D eigenvalue weighted by molar-refractivity contribution is -0.117. The molecule has 1 amide bonds. The molecule has 0 unspecified atom stereocenters. The van der Waals surface area contributed by atoms with Crippen LogP contribution in [-0.2, 0) is 4.79 Å². The van der Waals surface area contributed by atoms with Gasteiger partial charge in [-0.05, 0) is 24.6 Å². The van der Waals surface area contributed by atoms with Gasteiger partial charge in [-0.3, -0.25) is 4.79 Å². The zero-order valence-electron chi connectivity index (χ0n) is 8.97. The van der Waals surface area contributed by atoms with Crippen LogP contribution in [-0.4, -0.2) is 11.9 Å². The second-order valence-electron chi connectivity index (χ2n) is 3.51. The van der Waals surface area contributed by atoms with Gasteiger partial charge in [0.2, 0.25) is 5.91 Å². The van der Waals surface area contributed by atoms with E-state index in [1.165, 1.54) is 18.2 Å². The van der Waals surface area contributed by atoms with Gasteiger partial charge in [0.15, 0.2) is 0 Å². The predicted molar refractivity (Wildman–Crippen MR) is 62.9 cm³/mol. The molecule has 88 valence electrons. The van der Waals surface area contributed by atoms with E-state index in [0.717, 1.165) is 6.42 Å². The van der Waals surface area contributed by atoms with Gasteiger partial charge in [0.05, 0.1) is 11.1 Å². The van der Waals surface area contributed by atoms with Crippen molar-refractivity contribution in [3.05, 3.63) is 29.0 Å². The van der Waals surface area contributed by atoms with Crippen LogP contribution in [0.1, 0.15) is 19.8 Å². The van der Waals surface area contributed by atoms with Gasteiger partial charge in [0.1, 0.15) is 5.82 Å². The molecule has 0 aromatic heterocycles. The van der Waals surface area contributed by atoms with Crippen molar-refractivity contribution in [2.75, 3.05) is 5.32 Å². The summed E-state index contributed by atoms with van der Waals surface area (Å²) in [5.74, 6) is -0.804. The van der Waals surface area contributed by atoms with Crippen LogP contribution in [0.15, 0.2) is 18.2 Å². The molecule has 0 fully saturated rings. The first kappa shape index (κ1) is 12.9. The van der Waals surface area contributed by atoms with Crippen LogP contribution >= 0.6 is 11.6 Å². The molecule has 0 saturated heterocycles. The van der Waals surface area contributed by atoms with E-state index in [4.69, 9.17) is 17.3 Å². The Labute approximate surface area is 98.8 Å². The number of anilines is 1. The van der Waals surface area contributed by atoms with Crippen LogP contribution < -0.4 is 11.1 Å². The average molecular weight is 245 g/mol. The van der Waals surface area contributed by atoms with Crippen molar-refractivity contribution in [2.45, 2.75) is 25.8 Å². The van der Waals surface area contributed by atoms with Gasteiger partial charge in [0, 0.05) is 5.69 Å². The van der Waals surface area contributed by atoms with Gasteiger partial charge in [-0.15, -0.1) is 0 Å². The third kappa shape index (κ3) is 3.47. The van der Waals surface area contributed by atoms with E-state index >= 15 is 0 Å². The van der Waals surface area contributed by atoms with Gasteiger partial charge >= 0.3 is 0 Å². The number of carbonyl (C=O) groups is 1. The van der Waals surface area contributed by atoms with Crippen molar-refractivity contribution in [3.8, 4) is 0 Å². The highest BCUT2D eigenvalue weighted by Crippen LogP contribution is 2.19. The summed E-state index contributed by atoms with van der Waals surface area (Å²) in [6, 6.07) is 3.45. The largest absolute Gasteiger partial charge is 0.325 e. The normalized spacial score (nSPS) is 12.2. The molecule has 0 bridgehead atoms. The van der Waals surface area contributed by atoms with E-state index in [0.29, 0.717) is 12.1 Å². The first-order valence-electron chi connectivity index (χ1n) is 5.06. The number of hydrogen-bond acceptors (Lipinski definition) is 2. The molecule has 0 saturated carbocycles. The van der Waals surface area contributed by atoms with Crippen molar-refractivity contribution in [1.29, 1.82) is 0 Å². The third-order valence-corrected chi connectivity index (χ3v) is 2.41. The number of halogens is 2. The average Bonchev–Trinajstić information content (AvgIpc) is 2.24. The summed E-state index contributed by atoms with van der Waals surface area (Å²) in [5.41, 5.74) is 6.07. The highest BCUT2D eigenvalue weighted by atomic mass is 35.5. The molecular formula is C11H14ClFN2O. The Morgan fingerprint density at radius 2 is 2.31 bits per heavy atom. The third-order valence-electron chi connectivity index (χ3n) is 2.12. The molecular weight excluding hydrogens is 231 g/mol. The Kier molecular flexibility index (Phi) is 4.71. The van der Waals surface area contributed by atoms with Crippen LogP contribution in [0, 0.1) is 5.82 Å². The number of carbonyl (C=O) groups excluding carboxylic acids is 1. The van der Waals surface area contributed by atoms with E-state index in [2.05, 4.69) is 5.32 Å². The van der Waals surface area contributed by atoms with Gasteiger partial charge in [-0.2, -0.15) is 0 Å². The maximum Gasteiger partial charge on any atom is 0.241 e. The monoisotopic (exact) mass is 244 g/mol. The Morgan fingerprint density at radius 3 is 2.88 bits per heavy atom. The maximum absolute atomic E-state index is 12.8. The topological polar surface area (TPSA) is 55.1 Å². The molecule has 5 heteroatoms. The Balaban J connectivity index is 2.66. The van der Waals surface area contributed by atoms with Crippen molar-refractivity contribution >= 4 is 23.2 Å². The van der Waals surface area contributed by atoms with Crippen molar-refractivity contribution in [2.24, 2.45) is 5.73 Å². The zero-order valence-corrected chi connectivity index (χ0v) is 9.72. The van der Waals surface area contributed by atoms with Crippen molar-refractivity contribution in [1.82, 2.24) is 0 Å². The van der Waals surface area contributed by atoms with Crippen molar-refractivity contribution < 1.29 is 9.18 Å². The second kappa shape index (κ2) is 5.82. The minimum atomic E-state index is -0.547. The smallest absolute Gasteiger partial charge is 0.241 e. The molecule has 3 nitrogen and oxygen atoms in total. The first-order valence-corrected chi connectivity index (χ1v) is 5.44. The van der Waals surface area contributed by atoms with Gasteiger partial charge in [0.25, 0.3) is 0 Å². The molecule has 0 aliphatic carbocycles. The Bertz CT molecular complexity index is 384. The summed E-state index contributed by atoms with van der Waals surface area (Å²) >= 11 is 5.58. The predicted octanol–water partition coefficient (Wildman–Crippen LogP) is 2.55. The van der Waals surface area contributed by atoms with E-state index in [9.17, 15) is 9.18 Å². The minimum absolute atomic E-state index is 0.0261. The first-order chi connectivity index (χ1) is 7.54. The van der Waals surface area contributed by atoms with E-state index in [1.54, 1.807) is 0 Å². The lowest BCUT2D eigenvalue weighted by Gasteiger charge is -2.11. The molecule has 0 aliphatic rings. The minimum Gasteiger partial charge on any atom is -0.325 e. The molecule has 1 aromatic carbocycles. The summed E-state index contributed by atoms with van der Waals surface area (Å²) in [4.78, 5) is 11.5. The van der Waals surface area contributed by atoms with Crippen LogP contribution in [0.25, 0.3) is 0 Å². The SMILES string of the molecule is CCC[C@H](N)C(=O)Nc1ccc(F)c(Cl)c1. The number of benzene rings is 1. The molecule has 0 spiro atoms. The lowest BCUT2D eigenvalue weighted by atomic mass is 10.1. The van der Waals surface area contributed by atoms with E-state index in [-0.39, 0.29) is 10.9 Å². The van der Waals surface area contributed by atoms with Gasteiger partial charge in [-0.1, -0.05) is 24.9 Å². The van der Waals surface area contributed by atoms with E-state index in [1.807, 2.05) is 6.92 Å². The van der Waals surface area contributed by atoms with Crippen LogP contribution in [0.4, 0.5) is 10.1 Å². The number of amides is 1.